The first-order chi connectivity index (χ1) is 6.16. The van der Waals surface area contributed by atoms with E-state index < -0.39 is 6.17 Å². The van der Waals surface area contributed by atoms with Gasteiger partial charge in [0.15, 0.2) is 0 Å². The molecule has 0 saturated carbocycles. The molecule has 0 saturated heterocycles. The van der Waals surface area contributed by atoms with Gasteiger partial charge in [-0.25, -0.2) is 4.39 Å². The predicted molar refractivity (Wildman–Crippen MR) is 54.7 cm³/mol. The van der Waals surface area contributed by atoms with Crippen LogP contribution < -0.4 is 0 Å². The molecule has 0 fully saturated rings. The molecule has 0 amide bonds. The van der Waals surface area contributed by atoms with Crippen LogP contribution in [-0.4, -0.2) is 0 Å². The SMILES string of the molecule is CCC(F)c1ccccc1C(C)C. The van der Waals surface area contributed by atoms with Crippen molar-refractivity contribution in [1.29, 1.82) is 0 Å². The highest BCUT2D eigenvalue weighted by atomic mass is 19.1. The molecule has 1 rings (SSSR count). The van der Waals surface area contributed by atoms with Gasteiger partial charge >= 0.3 is 0 Å². The molecule has 0 aliphatic rings. The highest BCUT2D eigenvalue weighted by molar-refractivity contribution is 5.31. The topological polar surface area (TPSA) is 0 Å². The zero-order valence-electron chi connectivity index (χ0n) is 8.55. The lowest BCUT2D eigenvalue weighted by Crippen LogP contribution is -1.98. The fraction of sp³-hybridized carbons (Fsp3) is 0.500. The Morgan fingerprint density at radius 3 is 2.15 bits per heavy atom. The Kier molecular flexibility index (Phi) is 3.47. The molecule has 1 unspecified atom stereocenters. The standard InChI is InChI=1S/C12H17F/c1-4-12(13)11-8-6-5-7-10(11)9(2)3/h5-9,12H,4H2,1-3H3. The normalized spacial score (nSPS) is 13.3. The predicted octanol–water partition coefficient (Wildman–Crippen LogP) is 4.23. The van der Waals surface area contributed by atoms with Gasteiger partial charge in [-0.3, -0.25) is 0 Å². The second-order valence-corrected chi connectivity index (χ2v) is 3.66. The van der Waals surface area contributed by atoms with Crippen LogP contribution in [0.2, 0.25) is 0 Å². The van der Waals surface area contributed by atoms with E-state index in [0.717, 1.165) is 11.1 Å². The molecule has 0 spiro atoms. The van der Waals surface area contributed by atoms with Crippen molar-refractivity contribution in [3.63, 3.8) is 0 Å². The third-order valence-corrected chi connectivity index (χ3v) is 2.31. The lowest BCUT2D eigenvalue weighted by Gasteiger charge is -2.14. The van der Waals surface area contributed by atoms with Crippen LogP contribution in [0.1, 0.15) is 50.4 Å². The lowest BCUT2D eigenvalue weighted by atomic mass is 9.94. The number of benzene rings is 1. The first kappa shape index (κ1) is 10.2. The molecule has 0 bridgehead atoms. The quantitative estimate of drug-likeness (QED) is 0.653. The number of rotatable bonds is 3. The van der Waals surface area contributed by atoms with Gasteiger partial charge < -0.3 is 0 Å². The Balaban J connectivity index is 3.04. The van der Waals surface area contributed by atoms with Gasteiger partial charge in [0.1, 0.15) is 6.17 Å². The molecule has 0 heterocycles. The molecular weight excluding hydrogens is 163 g/mol. The minimum atomic E-state index is -0.807. The summed E-state index contributed by atoms with van der Waals surface area (Å²) >= 11 is 0. The molecule has 13 heavy (non-hydrogen) atoms. The Morgan fingerprint density at radius 2 is 1.69 bits per heavy atom. The number of hydrogen-bond acceptors (Lipinski definition) is 0. The monoisotopic (exact) mass is 180 g/mol. The first-order valence-electron chi connectivity index (χ1n) is 4.89. The van der Waals surface area contributed by atoms with Gasteiger partial charge in [-0.2, -0.15) is 0 Å². The zero-order valence-corrected chi connectivity index (χ0v) is 8.55. The second-order valence-electron chi connectivity index (χ2n) is 3.66. The minimum absolute atomic E-state index is 0.404. The van der Waals surface area contributed by atoms with Crippen molar-refractivity contribution >= 4 is 0 Å². The van der Waals surface area contributed by atoms with Crippen molar-refractivity contribution in [2.75, 3.05) is 0 Å². The van der Waals surface area contributed by atoms with Gasteiger partial charge in [-0.15, -0.1) is 0 Å². The van der Waals surface area contributed by atoms with E-state index in [1.165, 1.54) is 0 Å². The molecule has 0 aliphatic heterocycles. The van der Waals surface area contributed by atoms with E-state index in [1.807, 2.05) is 31.2 Å². The molecule has 72 valence electrons. The van der Waals surface area contributed by atoms with Crippen molar-refractivity contribution in [2.24, 2.45) is 0 Å². The lowest BCUT2D eigenvalue weighted by molar-refractivity contribution is 0.332. The van der Waals surface area contributed by atoms with Crippen LogP contribution in [0.15, 0.2) is 24.3 Å². The number of hydrogen-bond donors (Lipinski definition) is 0. The maximum atomic E-state index is 13.5. The van der Waals surface area contributed by atoms with Gasteiger partial charge in [-0.1, -0.05) is 45.0 Å². The van der Waals surface area contributed by atoms with E-state index in [9.17, 15) is 4.39 Å². The fourth-order valence-corrected chi connectivity index (χ4v) is 1.54. The third-order valence-electron chi connectivity index (χ3n) is 2.31. The maximum Gasteiger partial charge on any atom is 0.125 e. The average molecular weight is 180 g/mol. The van der Waals surface area contributed by atoms with Crippen LogP contribution in [0.25, 0.3) is 0 Å². The molecule has 1 heteroatoms. The number of halogens is 1. The summed E-state index contributed by atoms with van der Waals surface area (Å²) in [4.78, 5) is 0. The molecular formula is C12H17F. The van der Waals surface area contributed by atoms with Crippen molar-refractivity contribution in [3.8, 4) is 0 Å². The van der Waals surface area contributed by atoms with Crippen molar-refractivity contribution in [2.45, 2.75) is 39.3 Å². The van der Waals surface area contributed by atoms with Crippen molar-refractivity contribution in [3.05, 3.63) is 35.4 Å². The van der Waals surface area contributed by atoms with Gasteiger partial charge in [0.05, 0.1) is 0 Å². The van der Waals surface area contributed by atoms with Gasteiger partial charge in [0.2, 0.25) is 0 Å². The van der Waals surface area contributed by atoms with Gasteiger partial charge in [-0.05, 0) is 23.5 Å². The summed E-state index contributed by atoms with van der Waals surface area (Å²) in [5.41, 5.74) is 2.00. The molecule has 0 aromatic heterocycles. The molecule has 0 aliphatic carbocycles. The summed E-state index contributed by atoms with van der Waals surface area (Å²) in [6.45, 7) is 6.07. The van der Waals surface area contributed by atoms with Crippen LogP contribution in [0.5, 0.6) is 0 Å². The Labute approximate surface area is 79.8 Å². The van der Waals surface area contributed by atoms with E-state index in [2.05, 4.69) is 13.8 Å². The Hall–Kier alpha value is -0.850. The van der Waals surface area contributed by atoms with E-state index in [-0.39, 0.29) is 0 Å². The first-order valence-corrected chi connectivity index (χ1v) is 4.89. The van der Waals surface area contributed by atoms with Crippen LogP contribution in [0.3, 0.4) is 0 Å². The molecule has 1 atom stereocenters. The van der Waals surface area contributed by atoms with Crippen molar-refractivity contribution in [1.82, 2.24) is 0 Å². The molecule has 0 radical (unpaired) electrons. The smallest absolute Gasteiger partial charge is 0.125 e. The van der Waals surface area contributed by atoms with E-state index >= 15 is 0 Å². The van der Waals surface area contributed by atoms with Gasteiger partial charge in [0.25, 0.3) is 0 Å². The van der Waals surface area contributed by atoms with Crippen LogP contribution in [0, 0.1) is 0 Å². The summed E-state index contributed by atoms with van der Waals surface area (Å²) in [7, 11) is 0. The summed E-state index contributed by atoms with van der Waals surface area (Å²) < 4.78 is 13.5. The van der Waals surface area contributed by atoms with Gasteiger partial charge in [0, 0.05) is 0 Å². The van der Waals surface area contributed by atoms with E-state index in [1.54, 1.807) is 0 Å². The highest BCUT2D eigenvalue weighted by Gasteiger charge is 2.13. The summed E-state index contributed by atoms with van der Waals surface area (Å²) in [6, 6.07) is 7.79. The summed E-state index contributed by atoms with van der Waals surface area (Å²) in [5, 5.41) is 0. The second kappa shape index (κ2) is 4.40. The summed E-state index contributed by atoms with van der Waals surface area (Å²) in [5.74, 6) is 0.404. The minimum Gasteiger partial charge on any atom is -0.242 e. The van der Waals surface area contributed by atoms with Crippen molar-refractivity contribution < 1.29 is 4.39 Å². The molecule has 0 N–H and O–H groups in total. The van der Waals surface area contributed by atoms with E-state index in [0.29, 0.717) is 12.3 Å². The van der Waals surface area contributed by atoms with Crippen LogP contribution >= 0.6 is 0 Å². The maximum absolute atomic E-state index is 13.5. The summed E-state index contributed by atoms with van der Waals surface area (Å²) in [6.07, 6.45) is -0.248. The third kappa shape index (κ3) is 2.30. The molecule has 1 aromatic carbocycles. The molecule has 1 aromatic rings. The zero-order chi connectivity index (χ0) is 9.84. The molecule has 0 nitrogen and oxygen atoms in total. The Bertz CT molecular complexity index is 266. The number of alkyl halides is 1. The van der Waals surface area contributed by atoms with Crippen LogP contribution in [-0.2, 0) is 0 Å². The Morgan fingerprint density at radius 1 is 1.15 bits per heavy atom. The van der Waals surface area contributed by atoms with E-state index in [4.69, 9.17) is 0 Å². The average Bonchev–Trinajstić information content (AvgIpc) is 2.16. The fourth-order valence-electron chi connectivity index (χ4n) is 1.54. The largest absolute Gasteiger partial charge is 0.242 e. The van der Waals surface area contributed by atoms with Crippen LogP contribution in [0.4, 0.5) is 4.39 Å². The highest BCUT2D eigenvalue weighted by Crippen LogP contribution is 2.28.